The van der Waals surface area contributed by atoms with Crippen molar-refractivity contribution >= 4 is 0 Å². The zero-order valence-corrected chi connectivity index (χ0v) is 11.0. The number of aromatic nitrogens is 2. The Bertz CT molecular complexity index is 855. The first-order valence-corrected chi connectivity index (χ1v) is 6.21. The van der Waals surface area contributed by atoms with E-state index in [2.05, 4.69) is 5.10 Å². The minimum atomic E-state index is -4.54. The third kappa shape index (κ3) is 2.24. The van der Waals surface area contributed by atoms with Crippen LogP contribution in [-0.2, 0) is 6.18 Å². The molecule has 110 valence electrons. The van der Waals surface area contributed by atoms with E-state index < -0.39 is 11.9 Å². The van der Waals surface area contributed by atoms with Crippen LogP contribution in [0, 0.1) is 11.3 Å². The standard InChI is InChI=1S/C15H8F3N3O/c16-15(17,18)13-5-7-20-21(13)12-6-8-22-14(12)11-4-2-1-3-10(11)9-19/h1-8H. The lowest BCUT2D eigenvalue weighted by molar-refractivity contribution is -0.142. The first kappa shape index (κ1) is 13.9. The fourth-order valence-electron chi connectivity index (χ4n) is 2.16. The first-order valence-electron chi connectivity index (χ1n) is 6.21. The van der Waals surface area contributed by atoms with E-state index in [0.29, 0.717) is 11.1 Å². The maximum atomic E-state index is 13.0. The second kappa shape index (κ2) is 5.07. The second-order valence-corrected chi connectivity index (χ2v) is 4.42. The van der Waals surface area contributed by atoms with Crippen LogP contribution in [0.3, 0.4) is 0 Å². The second-order valence-electron chi connectivity index (χ2n) is 4.42. The molecule has 1 aromatic carbocycles. The molecule has 0 aliphatic carbocycles. The van der Waals surface area contributed by atoms with Gasteiger partial charge in [0.25, 0.3) is 0 Å². The molecule has 0 fully saturated rings. The van der Waals surface area contributed by atoms with E-state index in [-0.39, 0.29) is 11.4 Å². The van der Waals surface area contributed by atoms with E-state index in [4.69, 9.17) is 9.68 Å². The summed E-state index contributed by atoms with van der Waals surface area (Å²) in [5, 5.41) is 12.8. The predicted molar refractivity (Wildman–Crippen MR) is 71.0 cm³/mol. The number of nitriles is 1. The molecule has 4 nitrogen and oxygen atoms in total. The molecular formula is C15H8F3N3O. The topological polar surface area (TPSA) is 54.8 Å². The summed E-state index contributed by atoms with van der Waals surface area (Å²) in [7, 11) is 0. The number of hydrogen-bond acceptors (Lipinski definition) is 3. The van der Waals surface area contributed by atoms with Crippen molar-refractivity contribution in [3.05, 3.63) is 60.1 Å². The molecule has 0 saturated carbocycles. The highest BCUT2D eigenvalue weighted by Gasteiger charge is 2.36. The predicted octanol–water partition coefficient (Wildman–Crippen LogP) is 4.02. The summed E-state index contributed by atoms with van der Waals surface area (Å²) in [5.74, 6) is 0.159. The molecule has 0 aliphatic heterocycles. The smallest absolute Gasteiger partial charge is 0.433 e. The van der Waals surface area contributed by atoms with Gasteiger partial charge < -0.3 is 4.42 Å². The molecule has 0 bridgehead atoms. The largest absolute Gasteiger partial charge is 0.462 e. The van der Waals surface area contributed by atoms with Crippen LogP contribution >= 0.6 is 0 Å². The van der Waals surface area contributed by atoms with Gasteiger partial charge in [0.2, 0.25) is 0 Å². The van der Waals surface area contributed by atoms with Gasteiger partial charge in [-0.1, -0.05) is 12.1 Å². The highest BCUT2D eigenvalue weighted by molar-refractivity contribution is 5.73. The van der Waals surface area contributed by atoms with Gasteiger partial charge in [0, 0.05) is 11.6 Å². The van der Waals surface area contributed by atoms with Gasteiger partial charge in [0.1, 0.15) is 11.4 Å². The molecule has 0 N–H and O–H groups in total. The Morgan fingerprint density at radius 3 is 2.64 bits per heavy atom. The van der Waals surface area contributed by atoms with Gasteiger partial charge in [-0.05, 0) is 18.2 Å². The summed E-state index contributed by atoms with van der Waals surface area (Å²) < 4.78 is 45.1. The van der Waals surface area contributed by atoms with Gasteiger partial charge in [0.15, 0.2) is 5.76 Å². The average Bonchev–Trinajstić information content (AvgIpc) is 3.14. The van der Waals surface area contributed by atoms with Crippen molar-refractivity contribution in [3.8, 4) is 23.1 Å². The monoisotopic (exact) mass is 303 g/mol. The first-order chi connectivity index (χ1) is 10.5. The van der Waals surface area contributed by atoms with Gasteiger partial charge in [0.05, 0.1) is 24.1 Å². The van der Waals surface area contributed by atoms with Crippen LogP contribution in [0.4, 0.5) is 13.2 Å². The SMILES string of the molecule is N#Cc1ccccc1-c1occc1-n1nccc1C(F)(F)F. The van der Waals surface area contributed by atoms with Crippen molar-refractivity contribution < 1.29 is 17.6 Å². The molecule has 0 saturated heterocycles. The lowest BCUT2D eigenvalue weighted by Crippen LogP contribution is -2.13. The maximum Gasteiger partial charge on any atom is 0.433 e. The number of benzene rings is 1. The summed E-state index contributed by atoms with van der Waals surface area (Å²) in [4.78, 5) is 0. The van der Waals surface area contributed by atoms with Crippen molar-refractivity contribution in [2.45, 2.75) is 6.18 Å². The van der Waals surface area contributed by atoms with Crippen LogP contribution < -0.4 is 0 Å². The van der Waals surface area contributed by atoms with Crippen LogP contribution in [0.2, 0.25) is 0 Å². The van der Waals surface area contributed by atoms with Crippen molar-refractivity contribution in [2.75, 3.05) is 0 Å². The van der Waals surface area contributed by atoms with Crippen LogP contribution in [0.1, 0.15) is 11.3 Å². The van der Waals surface area contributed by atoms with E-state index >= 15 is 0 Å². The Balaban J connectivity index is 2.20. The zero-order valence-electron chi connectivity index (χ0n) is 11.0. The van der Waals surface area contributed by atoms with Crippen molar-refractivity contribution in [2.24, 2.45) is 0 Å². The van der Waals surface area contributed by atoms with Gasteiger partial charge in [-0.3, -0.25) is 0 Å². The Kier molecular flexibility index (Phi) is 3.22. The third-order valence-corrected chi connectivity index (χ3v) is 3.10. The zero-order chi connectivity index (χ0) is 15.7. The highest BCUT2D eigenvalue weighted by atomic mass is 19.4. The lowest BCUT2D eigenvalue weighted by Gasteiger charge is -2.10. The molecule has 0 radical (unpaired) electrons. The number of rotatable bonds is 2. The minimum Gasteiger partial charge on any atom is -0.462 e. The van der Waals surface area contributed by atoms with E-state index in [0.717, 1.165) is 16.9 Å². The number of nitrogens with zero attached hydrogens (tertiary/aromatic N) is 3. The number of furan rings is 1. The van der Waals surface area contributed by atoms with Gasteiger partial charge >= 0.3 is 6.18 Å². The van der Waals surface area contributed by atoms with Crippen LogP contribution in [0.15, 0.2) is 53.3 Å². The summed E-state index contributed by atoms with van der Waals surface area (Å²) >= 11 is 0. The van der Waals surface area contributed by atoms with Crippen molar-refractivity contribution in [1.82, 2.24) is 9.78 Å². The molecule has 3 aromatic rings. The lowest BCUT2D eigenvalue weighted by atomic mass is 10.1. The fourth-order valence-corrected chi connectivity index (χ4v) is 2.16. The Morgan fingerprint density at radius 1 is 1.14 bits per heavy atom. The molecule has 0 spiro atoms. The van der Waals surface area contributed by atoms with E-state index in [9.17, 15) is 13.2 Å². The van der Waals surface area contributed by atoms with Crippen LogP contribution in [-0.4, -0.2) is 9.78 Å². The van der Waals surface area contributed by atoms with Crippen LogP contribution in [0.25, 0.3) is 17.0 Å². The van der Waals surface area contributed by atoms with E-state index in [1.54, 1.807) is 24.3 Å². The van der Waals surface area contributed by atoms with Crippen molar-refractivity contribution in [3.63, 3.8) is 0 Å². The van der Waals surface area contributed by atoms with Gasteiger partial charge in [-0.25, -0.2) is 4.68 Å². The molecule has 0 atom stereocenters. The molecule has 2 aromatic heterocycles. The van der Waals surface area contributed by atoms with Crippen LogP contribution in [0.5, 0.6) is 0 Å². The van der Waals surface area contributed by atoms with Crippen molar-refractivity contribution in [1.29, 1.82) is 5.26 Å². The molecule has 0 unspecified atom stereocenters. The maximum absolute atomic E-state index is 13.0. The highest BCUT2D eigenvalue weighted by Crippen LogP contribution is 2.35. The summed E-state index contributed by atoms with van der Waals surface area (Å²) in [6.45, 7) is 0. The molecule has 0 aliphatic rings. The summed E-state index contributed by atoms with van der Waals surface area (Å²) in [6, 6.07) is 10.8. The summed E-state index contributed by atoms with van der Waals surface area (Å²) in [5.41, 5.74) is -0.0716. The molecule has 0 amide bonds. The molecule has 3 rings (SSSR count). The van der Waals surface area contributed by atoms with Gasteiger partial charge in [-0.15, -0.1) is 0 Å². The minimum absolute atomic E-state index is 0.125. The summed E-state index contributed by atoms with van der Waals surface area (Å²) in [6.07, 6.45) is -2.21. The van der Waals surface area contributed by atoms with Gasteiger partial charge in [-0.2, -0.15) is 23.5 Å². The van der Waals surface area contributed by atoms with E-state index in [1.165, 1.54) is 12.3 Å². The molecule has 22 heavy (non-hydrogen) atoms. The normalized spacial score (nSPS) is 11.4. The number of halogens is 3. The Morgan fingerprint density at radius 2 is 1.91 bits per heavy atom. The molecule has 2 heterocycles. The van der Waals surface area contributed by atoms with E-state index in [1.807, 2.05) is 6.07 Å². The Labute approximate surface area is 123 Å². The number of hydrogen-bond donors (Lipinski definition) is 0. The third-order valence-electron chi connectivity index (χ3n) is 3.10. The molecule has 7 heteroatoms. The molecular weight excluding hydrogens is 295 g/mol. The quantitative estimate of drug-likeness (QED) is 0.718. The number of alkyl halides is 3. The Hall–Kier alpha value is -3.01. The fraction of sp³-hybridized carbons (Fsp3) is 0.0667. The average molecular weight is 303 g/mol.